The van der Waals surface area contributed by atoms with Gasteiger partial charge < -0.3 is 5.32 Å². The van der Waals surface area contributed by atoms with Gasteiger partial charge in [-0.05, 0) is 38.6 Å². The number of sulfonamides is 2. The summed E-state index contributed by atoms with van der Waals surface area (Å²) in [5, 5.41) is 2.87. The van der Waals surface area contributed by atoms with Gasteiger partial charge in [-0.1, -0.05) is 6.92 Å². The van der Waals surface area contributed by atoms with E-state index in [4.69, 9.17) is 0 Å². The third-order valence-corrected chi connectivity index (χ3v) is 5.96. The molecule has 0 radical (unpaired) electrons. The first kappa shape index (κ1) is 23.1. The Morgan fingerprint density at radius 2 is 1.83 bits per heavy atom. The maximum Gasteiger partial charge on any atom is 0.240 e. The van der Waals surface area contributed by atoms with Crippen molar-refractivity contribution < 1.29 is 21.2 Å². The van der Waals surface area contributed by atoms with Gasteiger partial charge in [-0.2, -0.15) is 0 Å². The van der Waals surface area contributed by atoms with Crippen LogP contribution in [0.2, 0.25) is 0 Å². The SMILES string of the molecule is CCCS(=O)(=O)Nc1ccc(S(=O)(=O)NCC(C)NC)cc1F.Cl. The normalized spacial score (nSPS) is 13.2. The largest absolute Gasteiger partial charge is 0.316 e. The van der Waals surface area contributed by atoms with Gasteiger partial charge in [0.2, 0.25) is 20.0 Å². The zero-order valence-corrected chi connectivity index (χ0v) is 16.1. The van der Waals surface area contributed by atoms with Gasteiger partial charge in [0.05, 0.1) is 16.3 Å². The van der Waals surface area contributed by atoms with E-state index in [2.05, 4.69) is 14.8 Å². The van der Waals surface area contributed by atoms with Crippen LogP contribution in [0.5, 0.6) is 0 Å². The third-order valence-electron chi connectivity index (χ3n) is 3.06. The third kappa shape index (κ3) is 6.89. The molecule has 0 amide bonds. The summed E-state index contributed by atoms with van der Waals surface area (Å²) in [6.07, 6.45) is 0.386. The Labute approximate surface area is 148 Å². The Balaban J connectivity index is 0.00000529. The Hall–Kier alpha value is -0.940. The molecule has 0 aliphatic heterocycles. The highest BCUT2D eigenvalue weighted by molar-refractivity contribution is 7.92. The van der Waals surface area contributed by atoms with E-state index in [1.54, 1.807) is 20.9 Å². The van der Waals surface area contributed by atoms with Gasteiger partial charge in [0.25, 0.3) is 0 Å². The van der Waals surface area contributed by atoms with Crippen LogP contribution in [0.1, 0.15) is 20.3 Å². The average Bonchev–Trinajstić information content (AvgIpc) is 2.46. The Bertz CT molecular complexity index is 742. The van der Waals surface area contributed by atoms with Crippen molar-refractivity contribution in [3.05, 3.63) is 24.0 Å². The zero-order chi connectivity index (χ0) is 17.7. The van der Waals surface area contributed by atoms with E-state index in [9.17, 15) is 21.2 Å². The van der Waals surface area contributed by atoms with Crippen LogP contribution >= 0.6 is 12.4 Å². The average molecular weight is 404 g/mol. The molecule has 0 aliphatic carbocycles. The highest BCUT2D eigenvalue weighted by Gasteiger charge is 2.18. The topological polar surface area (TPSA) is 104 Å². The summed E-state index contributed by atoms with van der Waals surface area (Å²) in [6, 6.07) is 2.95. The summed E-state index contributed by atoms with van der Waals surface area (Å²) < 4.78 is 65.8. The van der Waals surface area contributed by atoms with E-state index in [1.165, 1.54) is 0 Å². The van der Waals surface area contributed by atoms with Crippen molar-refractivity contribution in [2.24, 2.45) is 0 Å². The van der Waals surface area contributed by atoms with Gasteiger partial charge in [-0.25, -0.2) is 25.9 Å². The van der Waals surface area contributed by atoms with Crippen LogP contribution in [0.25, 0.3) is 0 Å². The molecule has 1 atom stereocenters. The van der Waals surface area contributed by atoms with Crippen LogP contribution in [0.15, 0.2) is 23.1 Å². The number of benzene rings is 1. The number of likely N-dealkylation sites (N-methyl/N-ethyl adjacent to an activating group) is 1. The number of hydrogen-bond acceptors (Lipinski definition) is 5. The number of rotatable bonds is 9. The summed E-state index contributed by atoms with van der Waals surface area (Å²) in [7, 11) is -5.82. The van der Waals surface area contributed by atoms with Crippen molar-refractivity contribution in [2.45, 2.75) is 31.2 Å². The van der Waals surface area contributed by atoms with Crippen LogP contribution in [-0.2, 0) is 20.0 Å². The molecule has 0 bridgehead atoms. The van der Waals surface area contributed by atoms with Crippen LogP contribution in [0.4, 0.5) is 10.1 Å². The predicted molar refractivity (Wildman–Crippen MR) is 95.1 cm³/mol. The molecule has 0 fully saturated rings. The number of halogens is 2. The molecule has 140 valence electrons. The minimum atomic E-state index is -3.87. The van der Waals surface area contributed by atoms with Gasteiger partial charge in [0, 0.05) is 12.6 Å². The molecule has 0 saturated carbocycles. The fourth-order valence-corrected chi connectivity index (χ4v) is 3.94. The lowest BCUT2D eigenvalue weighted by molar-refractivity contribution is 0.553. The zero-order valence-electron chi connectivity index (χ0n) is 13.7. The molecular formula is C13H23ClFN3O4S2. The van der Waals surface area contributed by atoms with E-state index in [1.807, 2.05) is 0 Å². The minimum absolute atomic E-state index is 0. The molecule has 1 aromatic rings. The van der Waals surface area contributed by atoms with Crippen molar-refractivity contribution in [3.63, 3.8) is 0 Å². The van der Waals surface area contributed by atoms with E-state index >= 15 is 0 Å². The molecule has 7 nitrogen and oxygen atoms in total. The van der Waals surface area contributed by atoms with Crippen molar-refractivity contribution in [1.82, 2.24) is 10.0 Å². The molecule has 0 aliphatic rings. The quantitative estimate of drug-likeness (QED) is 0.576. The van der Waals surface area contributed by atoms with Crippen LogP contribution < -0.4 is 14.8 Å². The van der Waals surface area contributed by atoms with E-state index in [0.717, 1.165) is 18.2 Å². The molecule has 0 saturated heterocycles. The summed E-state index contributed by atoms with van der Waals surface area (Å²) in [4.78, 5) is -0.267. The van der Waals surface area contributed by atoms with Crippen LogP contribution in [0.3, 0.4) is 0 Å². The Morgan fingerprint density at radius 3 is 2.33 bits per heavy atom. The molecule has 24 heavy (non-hydrogen) atoms. The van der Waals surface area contributed by atoms with Gasteiger partial charge in [0.15, 0.2) is 0 Å². The molecule has 11 heteroatoms. The molecule has 1 rings (SSSR count). The van der Waals surface area contributed by atoms with E-state index < -0.39 is 25.9 Å². The number of anilines is 1. The Kier molecular flexibility index (Phi) is 9.15. The maximum atomic E-state index is 14.0. The smallest absolute Gasteiger partial charge is 0.240 e. The number of nitrogens with one attached hydrogen (secondary N) is 3. The molecule has 1 aromatic carbocycles. The lowest BCUT2D eigenvalue weighted by Crippen LogP contribution is -2.37. The van der Waals surface area contributed by atoms with Crippen molar-refractivity contribution in [1.29, 1.82) is 0 Å². The van der Waals surface area contributed by atoms with Crippen LogP contribution in [-0.4, -0.2) is 42.2 Å². The second kappa shape index (κ2) is 9.52. The molecule has 0 spiro atoms. The van der Waals surface area contributed by atoms with Crippen molar-refractivity contribution in [2.75, 3.05) is 24.1 Å². The molecule has 3 N–H and O–H groups in total. The van der Waals surface area contributed by atoms with Crippen molar-refractivity contribution >= 4 is 38.1 Å². The van der Waals surface area contributed by atoms with Crippen LogP contribution in [0, 0.1) is 5.82 Å². The fraction of sp³-hybridized carbons (Fsp3) is 0.538. The predicted octanol–water partition coefficient (Wildman–Crippen LogP) is 1.29. The summed E-state index contributed by atoms with van der Waals surface area (Å²) >= 11 is 0. The van der Waals surface area contributed by atoms with Gasteiger partial charge in [-0.3, -0.25) is 4.72 Å². The standard InChI is InChI=1S/C13H22FN3O4S2.ClH/c1-4-7-22(18,19)17-13-6-5-11(8-12(13)14)23(20,21)16-9-10(2)15-3;/h5-6,8,10,15-17H,4,7,9H2,1-3H3;1H. The second-order valence-corrected chi connectivity index (χ2v) is 8.71. The molecule has 0 heterocycles. The summed E-state index contributed by atoms with van der Waals surface area (Å²) in [5.41, 5.74) is -0.277. The van der Waals surface area contributed by atoms with Crippen molar-refractivity contribution in [3.8, 4) is 0 Å². The van der Waals surface area contributed by atoms with Gasteiger partial charge in [-0.15, -0.1) is 12.4 Å². The highest BCUT2D eigenvalue weighted by Crippen LogP contribution is 2.20. The minimum Gasteiger partial charge on any atom is -0.316 e. The molecular weight excluding hydrogens is 381 g/mol. The molecule has 1 unspecified atom stereocenters. The first-order valence-corrected chi connectivity index (χ1v) is 10.2. The maximum absolute atomic E-state index is 14.0. The number of hydrogen-bond donors (Lipinski definition) is 3. The monoisotopic (exact) mass is 403 g/mol. The summed E-state index contributed by atoms with van der Waals surface area (Å²) in [6.45, 7) is 3.61. The van der Waals surface area contributed by atoms with E-state index in [0.29, 0.717) is 6.42 Å². The highest BCUT2D eigenvalue weighted by atomic mass is 35.5. The first-order chi connectivity index (χ1) is 10.6. The first-order valence-electron chi connectivity index (χ1n) is 7.08. The Morgan fingerprint density at radius 1 is 1.21 bits per heavy atom. The van der Waals surface area contributed by atoms with E-state index in [-0.39, 0.29) is 41.3 Å². The lowest BCUT2D eigenvalue weighted by atomic mass is 10.3. The summed E-state index contributed by atoms with van der Waals surface area (Å²) in [5.74, 6) is -1.09. The lowest BCUT2D eigenvalue weighted by Gasteiger charge is -2.13. The fourth-order valence-electron chi connectivity index (χ4n) is 1.65. The van der Waals surface area contributed by atoms with Gasteiger partial charge in [0.1, 0.15) is 5.82 Å². The van der Waals surface area contributed by atoms with Gasteiger partial charge >= 0.3 is 0 Å². The second-order valence-electron chi connectivity index (χ2n) is 5.10. The molecule has 0 aromatic heterocycles.